The van der Waals surface area contributed by atoms with Crippen molar-refractivity contribution in [2.45, 2.75) is 24.1 Å². The van der Waals surface area contributed by atoms with E-state index in [1.54, 1.807) is 26.0 Å². The number of hydrogen-bond acceptors (Lipinski definition) is 4. The van der Waals surface area contributed by atoms with Crippen LogP contribution in [0.25, 0.3) is 0 Å². The summed E-state index contributed by atoms with van der Waals surface area (Å²) in [7, 11) is 0. The molecular formula is C20H22BrClO4. The van der Waals surface area contributed by atoms with Crippen LogP contribution in [0.2, 0.25) is 0 Å². The molecule has 2 unspecified atom stereocenters. The largest absolute Gasteiger partial charge is 0.465 e. The van der Waals surface area contributed by atoms with Crippen molar-refractivity contribution in [2.75, 3.05) is 13.2 Å². The quantitative estimate of drug-likeness (QED) is 0.456. The number of carbonyl (C=O) groups excluding carboxylic acids is 2. The van der Waals surface area contributed by atoms with E-state index < -0.39 is 11.3 Å². The molecule has 0 heterocycles. The van der Waals surface area contributed by atoms with E-state index in [0.717, 1.165) is 11.1 Å². The number of halogens is 2. The minimum Gasteiger partial charge on any atom is -0.465 e. The zero-order valence-corrected chi connectivity index (χ0v) is 17.1. The van der Waals surface area contributed by atoms with E-state index >= 15 is 0 Å². The van der Waals surface area contributed by atoms with Crippen LogP contribution in [-0.2, 0) is 19.1 Å². The van der Waals surface area contributed by atoms with Crippen molar-refractivity contribution >= 4 is 39.5 Å². The van der Waals surface area contributed by atoms with Gasteiger partial charge in [0.25, 0.3) is 0 Å². The molecule has 0 aliphatic heterocycles. The van der Waals surface area contributed by atoms with Crippen LogP contribution < -0.4 is 0 Å². The summed E-state index contributed by atoms with van der Waals surface area (Å²) in [6.45, 7) is 4.32. The van der Waals surface area contributed by atoms with Crippen LogP contribution in [0.3, 0.4) is 0 Å². The van der Waals surface area contributed by atoms with Crippen molar-refractivity contribution < 1.29 is 19.1 Å². The molecule has 2 aromatic rings. The second-order valence-electron chi connectivity index (χ2n) is 5.05. The van der Waals surface area contributed by atoms with Gasteiger partial charge in [-0.05, 0) is 25.0 Å². The fraction of sp³-hybridized carbons (Fsp3) is 0.300. The van der Waals surface area contributed by atoms with E-state index in [1.807, 2.05) is 48.5 Å². The number of carbonyl (C=O) groups is 2. The van der Waals surface area contributed by atoms with E-state index in [4.69, 9.17) is 21.1 Å². The lowest BCUT2D eigenvalue weighted by Gasteiger charge is -2.08. The second kappa shape index (κ2) is 12.5. The maximum Gasteiger partial charge on any atom is 0.328 e. The van der Waals surface area contributed by atoms with Gasteiger partial charge in [-0.1, -0.05) is 76.6 Å². The van der Waals surface area contributed by atoms with Gasteiger partial charge in [0.05, 0.1) is 13.2 Å². The molecule has 4 nitrogen and oxygen atoms in total. The normalized spacial score (nSPS) is 12.2. The molecule has 26 heavy (non-hydrogen) atoms. The highest BCUT2D eigenvalue weighted by Gasteiger charge is 2.18. The standard InChI is InChI=1S/C10H11BrO2.C10H11ClO2/c2*1-2-13-10(12)9(11)8-6-4-3-5-7-8/h2*3-7,9H,2H2,1H3. The number of rotatable bonds is 6. The molecule has 0 amide bonds. The average Bonchev–Trinajstić information content (AvgIpc) is 2.69. The van der Waals surface area contributed by atoms with Crippen LogP contribution in [0.1, 0.15) is 35.2 Å². The van der Waals surface area contributed by atoms with E-state index in [2.05, 4.69) is 15.9 Å². The summed E-state index contributed by atoms with van der Waals surface area (Å²) >= 11 is 9.14. The second-order valence-corrected chi connectivity index (χ2v) is 6.40. The van der Waals surface area contributed by atoms with Crippen molar-refractivity contribution in [3.63, 3.8) is 0 Å². The van der Waals surface area contributed by atoms with Crippen LogP contribution in [0.4, 0.5) is 0 Å². The Morgan fingerprint density at radius 2 is 1.27 bits per heavy atom. The van der Waals surface area contributed by atoms with Crippen LogP contribution in [0, 0.1) is 0 Å². The number of alkyl halides is 2. The fourth-order valence-electron chi connectivity index (χ4n) is 1.95. The lowest BCUT2D eigenvalue weighted by molar-refractivity contribution is -0.143. The molecule has 2 aromatic carbocycles. The Morgan fingerprint density at radius 1 is 0.846 bits per heavy atom. The van der Waals surface area contributed by atoms with Gasteiger partial charge in [0.15, 0.2) is 5.38 Å². The van der Waals surface area contributed by atoms with Crippen molar-refractivity contribution in [1.29, 1.82) is 0 Å². The summed E-state index contributed by atoms with van der Waals surface area (Å²) in [5, 5.41) is -0.693. The third-order valence-electron chi connectivity index (χ3n) is 3.17. The molecule has 2 atom stereocenters. The number of benzene rings is 2. The Balaban J connectivity index is 0.000000260. The first kappa shape index (κ1) is 22.2. The lowest BCUT2D eigenvalue weighted by atomic mass is 10.1. The Hall–Kier alpha value is -1.85. The highest BCUT2D eigenvalue weighted by molar-refractivity contribution is 9.09. The minimum absolute atomic E-state index is 0.242. The van der Waals surface area contributed by atoms with Gasteiger partial charge in [-0.25, -0.2) is 0 Å². The van der Waals surface area contributed by atoms with Gasteiger partial charge in [-0.15, -0.1) is 11.6 Å². The molecule has 140 valence electrons. The summed E-state index contributed by atoms with van der Waals surface area (Å²) in [4.78, 5) is 22.1. The summed E-state index contributed by atoms with van der Waals surface area (Å²) in [6, 6.07) is 18.6. The van der Waals surface area contributed by atoms with Crippen molar-refractivity contribution in [3.8, 4) is 0 Å². The Morgan fingerprint density at radius 3 is 1.73 bits per heavy atom. The monoisotopic (exact) mass is 440 g/mol. The molecule has 0 radical (unpaired) electrons. The summed E-state index contributed by atoms with van der Waals surface area (Å²) < 4.78 is 9.66. The highest BCUT2D eigenvalue weighted by atomic mass is 79.9. The number of ether oxygens (including phenoxy) is 2. The van der Waals surface area contributed by atoms with Gasteiger partial charge in [0.2, 0.25) is 0 Å². The molecule has 2 rings (SSSR count). The van der Waals surface area contributed by atoms with Crippen molar-refractivity contribution in [2.24, 2.45) is 0 Å². The zero-order valence-electron chi connectivity index (χ0n) is 14.7. The molecule has 0 N–H and O–H groups in total. The van der Waals surface area contributed by atoms with E-state index in [0.29, 0.717) is 13.2 Å². The van der Waals surface area contributed by atoms with E-state index in [-0.39, 0.29) is 10.8 Å². The molecule has 0 saturated carbocycles. The van der Waals surface area contributed by atoms with Gasteiger partial charge in [-0.2, -0.15) is 0 Å². The third-order valence-corrected chi connectivity index (χ3v) is 4.50. The Labute approximate surface area is 167 Å². The van der Waals surface area contributed by atoms with Gasteiger partial charge in [0.1, 0.15) is 4.83 Å². The highest BCUT2D eigenvalue weighted by Crippen LogP contribution is 2.23. The maximum absolute atomic E-state index is 11.3. The molecule has 0 aromatic heterocycles. The average molecular weight is 442 g/mol. The molecule has 0 fully saturated rings. The SMILES string of the molecule is CCOC(=O)C(Br)c1ccccc1.CCOC(=O)C(Cl)c1ccccc1. The van der Waals surface area contributed by atoms with Gasteiger partial charge < -0.3 is 9.47 Å². The molecule has 0 aliphatic carbocycles. The summed E-state index contributed by atoms with van der Waals surface area (Å²) in [6.07, 6.45) is 0. The Bertz CT molecular complexity index is 605. The van der Waals surface area contributed by atoms with Crippen LogP contribution in [0.5, 0.6) is 0 Å². The first-order valence-electron chi connectivity index (χ1n) is 8.22. The van der Waals surface area contributed by atoms with E-state index in [9.17, 15) is 9.59 Å². The molecule has 0 aliphatic rings. The van der Waals surface area contributed by atoms with Gasteiger partial charge in [-0.3, -0.25) is 9.59 Å². The number of hydrogen-bond donors (Lipinski definition) is 0. The molecule has 6 heteroatoms. The van der Waals surface area contributed by atoms with E-state index in [1.165, 1.54) is 0 Å². The predicted octanol–water partition coefficient (Wildman–Crippen LogP) is 5.22. The molecule has 0 saturated heterocycles. The fourth-order valence-corrected chi connectivity index (χ4v) is 2.59. The van der Waals surface area contributed by atoms with Gasteiger partial charge >= 0.3 is 11.9 Å². The summed E-state index contributed by atoms with van der Waals surface area (Å²) in [5.41, 5.74) is 1.68. The minimum atomic E-state index is -0.693. The maximum atomic E-state index is 11.3. The topological polar surface area (TPSA) is 52.6 Å². The van der Waals surface area contributed by atoms with Gasteiger partial charge in [0, 0.05) is 0 Å². The smallest absolute Gasteiger partial charge is 0.328 e. The van der Waals surface area contributed by atoms with Crippen LogP contribution in [0.15, 0.2) is 60.7 Å². The third kappa shape index (κ3) is 7.58. The van der Waals surface area contributed by atoms with Crippen molar-refractivity contribution in [1.82, 2.24) is 0 Å². The van der Waals surface area contributed by atoms with Crippen molar-refractivity contribution in [3.05, 3.63) is 71.8 Å². The first-order chi connectivity index (χ1) is 12.5. The zero-order chi connectivity index (χ0) is 19.4. The number of esters is 2. The molecule has 0 bridgehead atoms. The summed E-state index contributed by atoms with van der Waals surface area (Å²) in [5.74, 6) is -0.635. The predicted molar refractivity (Wildman–Crippen MR) is 106 cm³/mol. The lowest BCUT2D eigenvalue weighted by Crippen LogP contribution is -2.10. The molecule has 0 spiro atoms. The Kier molecular flexibility index (Phi) is 10.7. The molecular weight excluding hydrogens is 420 g/mol. The van der Waals surface area contributed by atoms with Crippen LogP contribution >= 0.6 is 27.5 Å². The first-order valence-corrected chi connectivity index (χ1v) is 9.57. The van der Waals surface area contributed by atoms with Crippen LogP contribution in [-0.4, -0.2) is 25.2 Å².